The van der Waals surface area contributed by atoms with Crippen LogP contribution < -0.4 is 20.3 Å². The number of hydrazine groups is 1. The van der Waals surface area contributed by atoms with E-state index in [9.17, 15) is 14.4 Å². The second-order valence-electron chi connectivity index (χ2n) is 6.12. The maximum absolute atomic E-state index is 12.6. The van der Waals surface area contributed by atoms with Crippen LogP contribution in [-0.2, 0) is 0 Å². The van der Waals surface area contributed by atoms with E-state index in [0.717, 1.165) is 0 Å². The topological polar surface area (TPSA) is 93.7 Å². The van der Waals surface area contributed by atoms with Gasteiger partial charge in [-0.25, -0.2) is 0 Å². The highest BCUT2D eigenvalue weighted by atomic mass is 32.1. The van der Waals surface area contributed by atoms with Crippen molar-refractivity contribution >= 4 is 28.9 Å². The van der Waals surface area contributed by atoms with Crippen molar-refractivity contribution in [2.75, 3.05) is 13.2 Å². The maximum atomic E-state index is 12.6. The fraction of sp³-hybridized carbons (Fsp3) is 0.0952. The van der Waals surface area contributed by atoms with Gasteiger partial charge in [0.2, 0.25) is 5.78 Å². The Labute approximate surface area is 170 Å². The molecule has 2 aromatic carbocycles. The van der Waals surface area contributed by atoms with Crippen molar-refractivity contribution in [3.8, 4) is 11.5 Å². The summed E-state index contributed by atoms with van der Waals surface area (Å²) in [6.45, 7) is 0.863. The zero-order chi connectivity index (χ0) is 20.2. The van der Waals surface area contributed by atoms with E-state index in [1.54, 1.807) is 53.9 Å². The van der Waals surface area contributed by atoms with E-state index in [4.69, 9.17) is 9.47 Å². The largest absolute Gasteiger partial charge is 0.486 e. The van der Waals surface area contributed by atoms with E-state index in [2.05, 4.69) is 10.9 Å². The number of carbonyl (C=O) groups is 3. The van der Waals surface area contributed by atoms with E-state index in [-0.39, 0.29) is 16.9 Å². The van der Waals surface area contributed by atoms with Gasteiger partial charge in [0.05, 0.1) is 10.4 Å². The molecule has 0 aliphatic carbocycles. The van der Waals surface area contributed by atoms with Gasteiger partial charge in [0.25, 0.3) is 11.8 Å². The highest BCUT2D eigenvalue weighted by Gasteiger charge is 2.20. The maximum Gasteiger partial charge on any atom is 0.270 e. The van der Waals surface area contributed by atoms with Crippen LogP contribution in [0, 0.1) is 0 Å². The Kier molecular flexibility index (Phi) is 5.26. The number of amides is 2. The highest BCUT2D eigenvalue weighted by molar-refractivity contribution is 7.12. The van der Waals surface area contributed by atoms with Crippen molar-refractivity contribution in [1.82, 2.24) is 10.9 Å². The van der Waals surface area contributed by atoms with Gasteiger partial charge in [-0.3, -0.25) is 25.2 Å². The number of thiophene rings is 1. The monoisotopic (exact) mass is 408 g/mol. The summed E-state index contributed by atoms with van der Waals surface area (Å²) in [5.74, 6) is -0.308. The third kappa shape index (κ3) is 3.97. The van der Waals surface area contributed by atoms with E-state index < -0.39 is 11.8 Å². The number of carbonyl (C=O) groups excluding carboxylic acids is 3. The molecule has 0 unspecified atom stereocenters. The summed E-state index contributed by atoms with van der Waals surface area (Å²) in [6, 6.07) is 14.7. The minimum atomic E-state index is -0.587. The number of rotatable bonds is 4. The first kappa shape index (κ1) is 18.7. The number of ketones is 1. The van der Waals surface area contributed by atoms with Crippen molar-refractivity contribution in [3.05, 3.63) is 81.5 Å². The molecule has 0 fully saturated rings. The van der Waals surface area contributed by atoms with Gasteiger partial charge in [0, 0.05) is 11.1 Å². The van der Waals surface area contributed by atoms with Gasteiger partial charge in [-0.1, -0.05) is 24.3 Å². The number of nitrogens with one attached hydrogen (secondary N) is 2. The van der Waals surface area contributed by atoms with Crippen molar-refractivity contribution in [2.24, 2.45) is 0 Å². The number of hydrogen-bond acceptors (Lipinski definition) is 6. The predicted octanol–water partition coefficient (Wildman–Crippen LogP) is 2.83. The average molecular weight is 408 g/mol. The summed E-state index contributed by atoms with van der Waals surface area (Å²) in [5.41, 5.74) is 5.46. The average Bonchev–Trinajstić information content (AvgIpc) is 3.31. The molecule has 1 aliphatic rings. The Morgan fingerprint density at radius 3 is 2.28 bits per heavy atom. The summed E-state index contributed by atoms with van der Waals surface area (Å²) >= 11 is 1.30. The van der Waals surface area contributed by atoms with Crippen molar-refractivity contribution in [2.45, 2.75) is 0 Å². The molecule has 7 nitrogen and oxygen atoms in total. The second-order valence-corrected chi connectivity index (χ2v) is 7.07. The molecule has 0 saturated heterocycles. The molecule has 146 valence electrons. The number of fused-ring (bicyclic) bond motifs is 1. The number of benzene rings is 2. The zero-order valence-corrected chi connectivity index (χ0v) is 16.0. The van der Waals surface area contributed by atoms with Gasteiger partial charge >= 0.3 is 0 Å². The lowest BCUT2D eigenvalue weighted by molar-refractivity contribution is 0.0844. The Morgan fingerprint density at radius 1 is 0.793 bits per heavy atom. The first-order valence-electron chi connectivity index (χ1n) is 8.81. The van der Waals surface area contributed by atoms with Crippen LogP contribution in [0.2, 0.25) is 0 Å². The quantitative estimate of drug-likeness (QED) is 0.511. The molecule has 0 bridgehead atoms. The lowest BCUT2D eigenvalue weighted by Gasteiger charge is -2.18. The van der Waals surface area contributed by atoms with Crippen LogP contribution in [0.1, 0.15) is 36.0 Å². The highest BCUT2D eigenvalue weighted by Crippen LogP contribution is 2.30. The normalized spacial score (nSPS) is 12.1. The molecule has 0 saturated carbocycles. The van der Waals surface area contributed by atoms with Crippen LogP contribution in [0.15, 0.2) is 60.0 Å². The van der Waals surface area contributed by atoms with Gasteiger partial charge < -0.3 is 9.47 Å². The van der Waals surface area contributed by atoms with Gasteiger partial charge in [-0.05, 0) is 35.7 Å². The molecule has 4 rings (SSSR count). The molecular weight excluding hydrogens is 392 g/mol. The first-order chi connectivity index (χ1) is 14.1. The third-order valence-electron chi connectivity index (χ3n) is 4.26. The summed E-state index contributed by atoms with van der Waals surface area (Å²) < 4.78 is 10.9. The van der Waals surface area contributed by atoms with E-state index in [1.165, 1.54) is 17.4 Å². The summed E-state index contributed by atoms with van der Waals surface area (Å²) in [6.07, 6.45) is 0. The number of ether oxygens (including phenoxy) is 2. The zero-order valence-electron chi connectivity index (χ0n) is 15.1. The van der Waals surface area contributed by atoms with Gasteiger partial charge in [-0.2, -0.15) is 0 Å². The molecule has 0 atom stereocenters. The molecule has 29 heavy (non-hydrogen) atoms. The van der Waals surface area contributed by atoms with Crippen molar-refractivity contribution in [1.29, 1.82) is 0 Å². The molecule has 2 N–H and O–H groups in total. The Balaban J connectivity index is 1.46. The standard InChI is InChI=1S/C21H16N2O5S/c24-19(18-6-3-11-29-18)14-4-1-2-5-15(14)21(26)23-22-20(25)13-7-8-16-17(12-13)28-10-9-27-16/h1-8,11-12H,9-10H2,(H,22,25)(H,23,26). The first-order valence-corrected chi connectivity index (χ1v) is 9.69. The summed E-state index contributed by atoms with van der Waals surface area (Å²) in [4.78, 5) is 38.2. The lowest BCUT2D eigenvalue weighted by atomic mass is 10.0. The van der Waals surface area contributed by atoms with Gasteiger partial charge in [0.1, 0.15) is 13.2 Å². The Morgan fingerprint density at radius 2 is 1.52 bits per heavy atom. The molecule has 2 amide bonds. The molecule has 8 heteroatoms. The molecule has 0 spiro atoms. The van der Waals surface area contributed by atoms with E-state index in [0.29, 0.717) is 35.2 Å². The van der Waals surface area contributed by atoms with Crippen LogP contribution in [0.25, 0.3) is 0 Å². The molecule has 1 aliphatic heterocycles. The van der Waals surface area contributed by atoms with Gasteiger partial charge in [-0.15, -0.1) is 11.3 Å². The smallest absolute Gasteiger partial charge is 0.270 e. The van der Waals surface area contributed by atoms with Crippen LogP contribution in [0.5, 0.6) is 11.5 Å². The van der Waals surface area contributed by atoms with Crippen LogP contribution in [0.4, 0.5) is 0 Å². The Hall–Kier alpha value is -3.65. The van der Waals surface area contributed by atoms with Gasteiger partial charge in [0.15, 0.2) is 11.5 Å². The lowest BCUT2D eigenvalue weighted by Crippen LogP contribution is -2.42. The molecular formula is C21H16N2O5S. The minimum Gasteiger partial charge on any atom is -0.486 e. The molecule has 1 aromatic heterocycles. The van der Waals surface area contributed by atoms with E-state index >= 15 is 0 Å². The third-order valence-corrected chi connectivity index (χ3v) is 5.12. The SMILES string of the molecule is O=C(NNC(=O)c1ccccc1C(=O)c1cccs1)c1ccc2c(c1)OCCO2. The molecule has 0 radical (unpaired) electrons. The van der Waals surface area contributed by atoms with Crippen LogP contribution in [-0.4, -0.2) is 30.8 Å². The second kappa shape index (κ2) is 8.15. The Bertz CT molecular complexity index is 1080. The summed E-state index contributed by atoms with van der Waals surface area (Å²) in [5, 5.41) is 1.80. The van der Waals surface area contributed by atoms with Crippen LogP contribution in [0.3, 0.4) is 0 Å². The van der Waals surface area contributed by atoms with Crippen LogP contribution >= 0.6 is 11.3 Å². The van der Waals surface area contributed by atoms with Crippen molar-refractivity contribution in [3.63, 3.8) is 0 Å². The number of hydrogen-bond donors (Lipinski definition) is 2. The van der Waals surface area contributed by atoms with E-state index in [1.807, 2.05) is 0 Å². The fourth-order valence-electron chi connectivity index (χ4n) is 2.86. The molecule has 2 heterocycles. The summed E-state index contributed by atoms with van der Waals surface area (Å²) in [7, 11) is 0. The fourth-order valence-corrected chi connectivity index (χ4v) is 3.54. The predicted molar refractivity (Wildman–Crippen MR) is 107 cm³/mol. The molecule has 3 aromatic rings. The van der Waals surface area contributed by atoms with Crippen molar-refractivity contribution < 1.29 is 23.9 Å². The minimum absolute atomic E-state index is 0.174.